The average Bonchev–Trinajstić information content (AvgIpc) is 3.22. The Kier molecular flexibility index (Phi) is 5.58. The van der Waals surface area contributed by atoms with E-state index in [0.29, 0.717) is 43.5 Å². The molecule has 1 N–H and O–H groups in total. The molecule has 0 saturated carbocycles. The maximum absolute atomic E-state index is 12.2. The number of rotatable bonds is 7. The summed E-state index contributed by atoms with van der Waals surface area (Å²) in [6.07, 6.45) is 0.775. The van der Waals surface area contributed by atoms with E-state index in [9.17, 15) is 4.79 Å². The van der Waals surface area contributed by atoms with Crippen molar-refractivity contribution in [2.45, 2.75) is 32.5 Å². The zero-order chi connectivity index (χ0) is 18.6. The molecule has 1 aliphatic rings. The molecule has 1 fully saturated rings. The number of aromatic nitrogens is 1. The van der Waals surface area contributed by atoms with E-state index < -0.39 is 5.79 Å². The molecule has 140 valence electrons. The fourth-order valence-electron chi connectivity index (χ4n) is 2.79. The quantitative estimate of drug-likeness (QED) is 0.817. The lowest BCUT2D eigenvalue weighted by molar-refractivity contribution is -0.146. The average molecular weight is 360 g/mol. The lowest BCUT2D eigenvalue weighted by atomic mass is 10.2. The molecular formula is C19H24N2O5. The molecule has 0 atom stereocenters. The number of amides is 1. The highest BCUT2D eigenvalue weighted by Gasteiger charge is 2.30. The number of nitrogens with one attached hydrogen (secondary N) is 1. The SMILES string of the molecule is COc1ccc(-c2nc(CC(=O)NCCC3(C)OCCO3)c(C)o2)cc1. The van der Waals surface area contributed by atoms with Crippen LogP contribution in [0.1, 0.15) is 24.8 Å². The van der Waals surface area contributed by atoms with Crippen LogP contribution >= 0.6 is 0 Å². The smallest absolute Gasteiger partial charge is 0.226 e. The summed E-state index contributed by atoms with van der Waals surface area (Å²) in [5, 5.41) is 2.88. The second kappa shape index (κ2) is 7.88. The van der Waals surface area contributed by atoms with Gasteiger partial charge in [-0.15, -0.1) is 0 Å². The van der Waals surface area contributed by atoms with Gasteiger partial charge in [-0.05, 0) is 38.1 Å². The van der Waals surface area contributed by atoms with Gasteiger partial charge in [0.25, 0.3) is 0 Å². The third-order valence-electron chi connectivity index (χ3n) is 4.36. The van der Waals surface area contributed by atoms with Gasteiger partial charge in [0.2, 0.25) is 11.8 Å². The van der Waals surface area contributed by atoms with Gasteiger partial charge in [0.05, 0.1) is 32.4 Å². The maximum atomic E-state index is 12.2. The van der Waals surface area contributed by atoms with E-state index >= 15 is 0 Å². The first-order valence-corrected chi connectivity index (χ1v) is 8.64. The molecule has 7 nitrogen and oxygen atoms in total. The maximum Gasteiger partial charge on any atom is 0.226 e. The number of oxazole rings is 1. The first-order valence-electron chi connectivity index (χ1n) is 8.64. The van der Waals surface area contributed by atoms with E-state index in [2.05, 4.69) is 10.3 Å². The topological polar surface area (TPSA) is 82.8 Å². The zero-order valence-electron chi connectivity index (χ0n) is 15.3. The van der Waals surface area contributed by atoms with E-state index in [1.807, 2.05) is 38.1 Å². The highest BCUT2D eigenvalue weighted by atomic mass is 16.7. The Morgan fingerprint density at radius 2 is 1.96 bits per heavy atom. The normalized spacial score (nSPS) is 15.8. The molecule has 1 aliphatic heterocycles. The van der Waals surface area contributed by atoms with Crippen LogP contribution in [-0.4, -0.2) is 43.5 Å². The number of nitrogens with zero attached hydrogens (tertiary/aromatic N) is 1. The van der Waals surface area contributed by atoms with E-state index in [-0.39, 0.29) is 12.3 Å². The summed E-state index contributed by atoms with van der Waals surface area (Å²) in [5.74, 6) is 1.19. The summed E-state index contributed by atoms with van der Waals surface area (Å²) in [6, 6.07) is 7.43. The molecule has 1 aromatic carbocycles. The molecule has 1 amide bonds. The van der Waals surface area contributed by atoms with E-state index in [1.165, 1.54) is 0 Å². The first-order chi connectivity index (χ1) is 12.5. The van der Waals surface area contributed by atoms with Gasteiger partial charge < -0.3 is 23.9 Å². The van der Waals surface area contributed by atoms with Gasteiger partial charge in [-0.25, -0.2) is 4.98 Å². The number of methoxy groups -OCH3 is 1. The predicted molar refractivity (Wildman–Crippen MR) is 94.9 cm³/mol. The minimum atomic E-state index is -0.599. The summed E-state index contributed by atoms with van der Waals surface area (Å²) < 4.78 is 21.9. The molecule has 0 spiro atoms. The number of ether oxygens (including phenoxy) is 3. The number of hydrogen-bond acceptors (Lipinski definition) is 6. The third-order valence-corrected chi connectivity index (χ3v) is 4.36. The van der Waals surface area contributed by atoms with Crippen LogP contribution in [0.15, 0.2) is 28.7 Å². The fraction of sp³-hybridized carbons (Fsp3) is 0.474. The summed E-state index contributed by atoms with van der Waals surface area (Å²) in [4.78, 5) is 16.6. The van der Waals surface area contributed by atoms with Gasteiger partial charge in [0, 0.05) is 18.5 Å². The molecule has 1 saturated heterocycles. The van der Waals surface area contributed by atoms with Crippen molar-refractivity contribution in [2.24, 2.45) is 0 Å². The molecule has 1 aromatic heterocycles. The molecule has 0 radical (unpaired) electrons. The Morgan fingerprint density at radius 1 is 1.27 bits per heavy atom. The van der Waals surface area contributed by atoms with Gasteiger partial charge in [-0.1, -0.05) is 0 Å². The van der Waals surface area contributed by atoms with Crippen LogP contribution in [0.25, 0.3) is 11.5 Å². The van der Waals surface area contributed by atoms with Gasteiger partial charge in [-0.3, -0.25) is 4.79 Å². The second-order valence-corrected chi connectivity index (χ2v) is 6.36. The lowest BCUT2D eigenvalue weighted by Gasteiger charge is -2.22. The third kappa shape index (κ3) is 4.42. The Bertz CT molecular complexity index is 748. The van der Waals surface area contributed by atoms with Crippen molar-refractivity contribution in [3.05, 3.63) is 35.7 Å². The Balaban J connectivity index is 1.55. The number of carbonyl (C=O) groups is 1. The second-order valence-electron chi connectivity index (χ2n) is 6.36. The number of aryl methyl sites for hydroxylation is 1. The molecule has 3 rings (SSSR count). The number of benzene rings is 1. The van der Waals surface area contributed by atoms with Crippen LogP contribution < -0.4 is 10.1 Å². The van der Waals surface area contributed by atoms with Gasteiger partial charge in [-0.2, -0.15) is 0 Å². The van der Waals surface area contributed by atoms with E-state index in [0.717, 1.165) is 11.3 Å². The fourth-order valence-corrected chi connectivity index (χ4v) is 2.79. The Hall–Kier alpha value is -2.38. The molecule has 2 heterocycles. The molecule has 0 aliphatic carbocycles. The van der Waals surface area contributed by atoms with Crippen LogP contribution in [0, 0.1) is 6.92 Å². The van der Waals surface area contributed by atoms with Crippen LogP contribution in [0.2, 0.25) is 0 Å². The summed E-state index contributed by atoms with van der Waals surface area (Å²) in [5.41, 5.74) is 1.47. The van der Waals surface area contributed by atoms with Crippen LogP contribution in [0.4, 0.5) is 0 Å². The highest BCUT2D eigenvalue weighted by Crippen LogP contribution is 2.24. The summed E-state index contributed by atoms with van der Waals surface area (Å²) >= 11 is 0. The molecule has 2 aromatic rings. The molecular weight excluding hydrogens is 336 g/mol. The van der Waals surface area contributed by atoms with Crippen LogP contribution in [-0.2, 0) is 20.7 Å². The van der Waals surface area contributed by atoms with Crippen molar-refractivity contribution < 1.29 is 23.4 Å². The highest BCUT2D eigenvalue weighted by molar-refractivity contribution is 5.78. The van der Waals surface area contributed by atoms with Crippen LogP contribution in [0.3, 0.4) is 0 Å². The van der Waals surface area contributed by atoms with Gasteiger partial charge in [0.1, 0.15) is 11.5 Å². The predicted octanol–water partition coefficient (Wildman–Crippen LogP) is 2.47. The molecule has 0 bridgehead atoms. The zero-order valence-corrected chi connectivity index (χ0v) is 15.3. The largest absolute Gasteiger partial charge is 0.497 e. The van der Waals surface area contributed by atoms with Crippen molar-refractivity contribution in [3.63, 3.8) is 0 Å². The van der Waals surface area contributed by atoms with Crippen molar-refractivity contribution in [2.75, 3.05) is 26.9 Å². The molecule has 7 heteroatoms. The summed E-state index contributed by atoms with van der Waals surface area (Å²) in [6.45, 7) is 5.37. The van der Waals surface area contributed by atoms with Gasteiger partial charge in [0.15, 0.2) is 5.79 Å². The molecule has 0 unspecified atom stereocenters. The molecule has 26 heavy (non-hydrogen) atoms. The minimum absolute atomic E-state index is 0.107. The Morgan fingerprint density at radius 3 is 2.62 bits per heavy atom. The lowest BCUT2D eigenvalue weighted by Crippen LogP contribution is -2.34. The first kappa shape index (κ1) is 18.4. The Labute approximate surface area is 152 Å². The van der Waals surface area contributed by atoms with E-state index in [4.69, 9.17) is 18.6 Å². The number of hydrogen-bond donors (Lipinski definition) is 1. The monoisotopic (exact) mass is 360 g/mol. The standard InChI is InChI=1S/C19H24N2O5/c1-13-16(12-17(22)20-9-8-19(2)24-10-11-25-19)21-18(26-13)14-4-6-15(23-3)7-5-14/h4-7H,8-12H2,1-3H3,(H,20,22). The van der Waals surface area contributed by atoms with Crippen molar-refractivity contribution in [3.8, 4) is 17.2 Å². The summed E-state index contributed by atoms with van der Waals surface area (Å²) in [7, 11) is 1.62. The van der Waals surface area contributed by atoms with Crippen molar-refractivity contribution in [1.29, 1.82) is 0 Å². The van der Waals surface area contributed by atoms with Gasteiger partial charge >= 0.3 is 0 Å². The van der Waals surface area contributed by atoms with Crippen molar-refractivity contribution in [1.82, 2.24) is 10.3 Å². The number of carbonyl (C=O) groups excluding carboxylic acids is 1. The van der Waals surface area contributed by atoms with Crippen molar-refractivity contribution >= 4 is 5.91 Å². The van der Waals surface area contributed by atoms with Crippen LogP contribution in [0.5, 0.6) is 5.75 Å². The minimum Gasteiger partial charge on any atom is -0.497 e. The van der Waals surface area contributed by atoms with E-state index in [1.54, 1.807) is 7.11 Å².